The number of rotatable bonds is 9. The van der Waals surface area contributed by atoms with Gasteiger partial charge < -0.3 is 14.2 Å². The zero-order valence-corrected chi connectivity index (χ0v) is 21.5. The molecule has 8 nitrogen and oxygen atoms in total. The van der Waals surface area contributed by atoms with E-state index in [1.54, 1.807) is 45.9 Å². The third kappa shape index (κ3) is 7.95. The van der Waals surface area contributed by atoms with Crippen molar-refractivity contribution in [1.29, 1.82) is 0 Å². The van der Waals surface area contributed by atoms with E-state index in [2.05, 4.69) is 5.32 Å². The molecule has 1 fully saturated rings. The number of nitrogens with one attached hydrogen (secondary N) is 1. The Morgan fingerprint density at radius 3 is 2.57 bits per heavy atom. The topological polar surface area (TPSA) is 94.2 Å². The van der Waals surface area contributed by atoms with Crippen LogP contribution in [0.25, 0.3) is 0 Å². The molecule has 2 unspecified atom stereocenters. The number of benzene rings is 1. The summed E-state index contributed by atoms with van der Waals surface area (Å²) in [6.45, 7) is 7.19. The molecule has 0 radical (unpaired) electrons. The van der Waals surface area contributed by atoms with Crippen LogP contribution in [0.5, 0.6) is 5.75 Å². The molecule has 0 bridgehead atoms. The molecule has 1 amide bonds. The van der Waals surface area contributed by atoms with E-state index in [0.717, 1.165) is 6.42 Å². The van der Waals surface area contributed by atoms with Gasteiger partial charge in [0.1, 0.15) is 36.6 Å². The van der Waals surface area contributed by atoms with E-state index in [9.17, 15) is 14.4 Å². The van der Waals surface area contributed by atoms with Gasteiger partial charge in [-0.25, -0.2) is 0 Å². The number of hydrogen-bond acceptors (Lipinski definition) is 7. The van der Waals surface area contributed by atoms with Gasteiger partial charge in [0.25, 0.3) is 0 Å². The second-order valence-electron chi connectivity index (χ2n) is 10.4. The molecule has 1 aromatic carbocycles. The average molecular weight is 489 g/mol. The van der Waals surface area contributed by atoms with Crippen LogP contribution in [-0.2, 0) is 23.9 Å². The van der Waals surface area contributed by atoms with E-state index in [-0.39, 0.29) is 31.6 Å². The smallest absolute Gasteiger partial charge is 0.326 e. The zero-order chi connectivity index (χ0) is 25.4. The minimum absolute atomic E-state index is 0.0417. The molecule has 0 spiro atoms. The van der Waals surface area contributed by atoms with E-state index in [1.165, 1.54) is 37.0 Å². The molecular formula is C27H40N2O6. The molecule has 3 rings (SSSR count). The lowest BCUT2D eigenvalue weighted by molar-refractivity contribution is -0.154. The average Bonchev–Trinajstić information content (AvgIpc) is 2.93. The normalized spacial score (nSPS) is 19.8. The quantitative estimate of drug-likeness (QED) is 0.525. The van der Waals surface area contributed by atoms with Crippen LogP contribution < -0.4 is 15.0 Å². The van der Waals surface area contributed by atoms with E-state index in [0.29, 0.717) is 23.8 Å². The van der Waals surface area contributed by atoms with Crippen LogP contribution in [0.1, 0.15) is 72.6 Å². The van der Waals surface area contributed by atoms with Crippen LogP contribution in [0.2, 0.25) is 0 Å². The molecule has 1 aliphatic heterocycles. The van der Waals surface area contributed by atoms with Crippen LogP contribution >= 0.6 is 0 Å². The Balaban J connectivity index is 1.77. The highest BCUT2D eigenvalue weighted by Gasteiger charge is 2.36. The van der Waals surface area contributed by atoms with Crippen molar-refractivity contribution >= 4 is 23.5 Å². The maximum Gasteiger partial charge on any atom is 0.326 e. The first kappa shape index (κ1) is 27.0. The SMILES string of the molecule is CCOC(=O)C(CCC1CCCCC1)NC1COc2ccccc2N(CC(=O)OC(C)(C)C)C1=O. The third-order valence-corrected chi connectivity index (χ3v) is 6.39. The van der Waals surface area contributed by atoms with Gasteiger partial charge in [0.05, 0.1) is 12.3 Å². The van der Waals surface area contributed by atoms with Crippen LogP contribution in [0.4, 0.5) is 5.69 Å². The summed E-state index contributed by atoms with van der Waals surface area (Å²) in [5.74, 6) is -0.120. The first-order valence-electron chi connectivity index (χ1n) is 12.9. The summed E-state index contributed by atoms with van der Waals surface area (Å²) in [5.41, 5.74) is -0.170. The lowest BCUT2D eigenvalue weighted by Crippen LogP contribution is -2.55. The molecule has 2 atom stereocenters. The number of carbonyl (C=O) groups is 3. The Bertz CT molecular complexity index is 875. The van der Waals surface area contributed by atoms with Gasteiger partial charge >= 0.3 is 11.9 Å². The molecule has 1 heterocycles. The van der Waals surface area contributed by atoms with E-state index in [1.807, 2.05) is 6.07 Å². The van der Waals surface area contributed by atoms with Crippen LogP contribution in [0.15, 0.2) is 24.3 Å². The van der Waals surface area contributed by atoms with Crippen molar-refractivity contribution in [3.05, 3.63) is 24.3 Å². The molecule has 194 valence electrons. The van der Waals surface area contributed by atoms with Crippen LogP contribution in [0.3, 0.4) is 0 Å². The third-order valence-electron chi connectivity index (χ3n) is 6.39. The number of carbonyl (C=O) groups excluding carboxylic acids is 3. The predicted molar refractivity (Wildman–Crippen MR) is 133 cm³/mol. The standard InChI is InChI=1S/C27H40N2O6/c1-5-33-26(32)20(16-15-19-11-7-6-8-12-19)28-21-18-34-23-14-10-9-13-22(23)29(25(21)31)17-24(30)35-27(2,3)4/h9-10,13-14,19-21,28H,5-8,11-12,15-18H2,1-4H3. The number of para-hydroxylation sites is 2. The summed E-state index contributed by atoms with van der Waals surface area (Å²) in [5, 5.41) is 3.21. The van der Waals surface area contributed by atoms with E-state index < -0.39 is 23.7 Å². The Morgan fingerprint density at radius 2 is 1.89 bits per heavy atom. The van der Waals surface area contributed by atoms with Crippen LogP contribution in [-0.4, -0.2) is 55.3 Å². The molecule has 8 heteroatoms. The Labute approximate surface area is 208 Å². The highest BCUT2D eigenvalue weighted by atomic mass is 16.6. The van der Waals surface area contributed by atoms with Gasteiger partial charge in [-0.15, -0.1) is 0 Å². The second-order valence-corrected chi connectivity index (χ2v) is 10.4. The van der Waals surface area contributed by atoms with Crippen molar-refractivity contribution in [2.24, 2.45) is 5.92 Å². The van der Waals surface area contributed by atoms with Crippen molar-refractivity contribution in [2.75, 3.05) is 24.7 Å². The molecule has 2 aliphatic rings. The second kappa shape index (κ2) is 12.4. The van der Waals surface area contributed by atoms with Gasteiger partial charge in [-0.3, -0.25) is 24.6 Å². The summed E-state index contributed by atoms with van der Waals surface area (Å²) in [7, 11) is 0. The number of nitrogens with zero attached hydrogens (tertiary/aromatic N) is 1. The summed E-state index contributed by atoms with van der Waals surface area (Å²) < 4.78 is 16.7. The molecule has 1 N–H and O–H groups in total. The van der Waals surface area contributed by atoms with Gasteiger partial charge in [-0.1, -0.05) is 44.2 Å². The minimum Gasteiger partial charge on any atom is -0.489 e. The molecule has 1 saturated carbocycles. The van der Waals surface area contributed by atoms with Crippen molar-refractivity contribution in [3.8, 4) is 5.75 Å². The summed E-state index contributed by atoms with van der Waals surface area (Å²) in [4.78, 5) is 40.5. The van der Waals surface area contributed by atoms with Gasteiger partial charge in [0.15, 0.2) is 0 Å². The molecule has 1 aliphatic carbocycles. The van der Waals surface area contributed by atoms with Gasteiger partial charge in [0.2, 0.25) is 5.91 Å². The van der Waals surface area contributed by atoms with Crippen molar-refractivity contribution in [2.45, 2.75) is 90.3 Å². The van der Waals surface area contributed by atoms with Crippen molar-refractivity contribution < 1.29 is 28.6 Å². The Hall–Kier alpha value is -2.61. The number of amides is 1. The monoisotopic (exact) mass is 488 g/mol. The summed E-state index contributed by atoms with van der Waals surface area (Å²) >= 11 is 0. The van der Waals surface area contributed by atoms with E-state index >= 15 is 0 Å². The Kier molecular flexibility index (Phi) is 9.55. The lowest BCUT2D eigenvalue weighted by Gasteiger charge is -2.29. The first-order chi connectivity index (χ1) is 16.7. The molecule has 0 saturated heterocycles. The summed E-state index contributed by atoms with van der Waals surface area (Å²) in [6, 6.07) is 5.67. The largest absolute Gasteiger partial charge is 0.489 e. The fraction of sp³-hybridized carbons (Fsp3) is 0.667. The van der Waals surface area contributed by atoms with Gasteiger partial charge in [-0.05, 0) is 58.6 Å². The van der Waals surface area contributed by atoms with Gasteiger partial charge in [0, 0.05) is 0 Å². The minimum atomic E-state index is -0.814. The predicted octanol–water partition coefficient (Wildman–Crippen LogP) is 4.00. The lowest BCUT2D eigenvalue weighted by atomic mass is 9.85. The zero-order valence-electron chi connectivity index (χ0n) is 21.5. The number of fused-ring (bicyclic) bond motifs is 1. The molecule has 0 aromatic heterocycles. The highest BCUT2D eigenvalue weighted by molar-refractivity contribution is 6.02. The van der Waals surface area contributed by atoms with E-state index in [4.69, 9.17) is 14.2 Å². The fourth-order valence-electron chi connectivity index (χ4n) is 4.77. The van der Waals surface area contributed by atoms with Crippen molar-refractivity contribution in [3.63, 3.8) is 0 Å². The first-order valence-corrected chi connectivity index (χ1v) is 12.9. The van der Waals surface area contributed by atoms with Crippen LogP contribution in [0, 0.1) is 5.92 Å². The number of esters is 2. The molecule has 1 aromatic rings. The van der Waals surface area contributed by atoms with Gasteiger partial charge in [-0.2, -0.15) is 0 Å². The molecule has 35 heavy (non-hydrogen) atoms. The fourth-order valence-corrected chi connectivity index (χ4v) is 4.77. The number of anilines is 1. The maximum atomic E-state index is 13.7. The highest BCUT2D eigenvalue weighted by Crippen LogP contribution is 2.32. The maximum absolute atomic E-state index is 13.7. The molecular weight excluding hydrogens is 448 g/mol. The number of ether oxygens (including phenoxy) is 3. The Morgan fingerprint density at radius 1 is 1.17 bits per heavy atom. The number of hydrogen-bond donors (Lipinski definition) is 1. The van der Waals surface area contributed by atoms with Crippen molar-refractivity contribution in [1.82, 2.24) is 5.32 Å². The summed E-state index contributed by atoms with van der Waals surface area (Å²) in [6.07, 6.45) is 7.59.